The lowest BCUT2D eigenvalue weighted by Crippen LogP contribution is -2.45. The smallest absolute Gasteiger partial charge is 0.228 e. The molecule has 4 nitrogen and oxygen atoms in total. The van der Waals surface area contributed by atoms with Crippen LogP contribution in [-0.4, -0.2) is 48.4 Å². The Morgan fingerprint density at radius 3 is 2.56 bits per heavy atom. The van der Waals surface area contributed by atoms with Gasteiger partial charge >= 0.3 is 0 Å². The zero-order chi connectivity index (χ0) is 19.2. The van der Waals surface area contributed by atoms with E-state index in [9.17, 15) is 4.79 Å². The summed E-state index contributed by atoms with van der Waals surface area (Å²) in [5.41, 5.74) is 2.88. The molecule has 1 fully saturated rings. The van der Waals surface area contributed by atoms with Crippen LogP contribution in [0.3, 0.4) is 0 Å². The third kappa shape index (κ3) is 6.17. The monoisotopic (exact) mass is 497 g/mol. The van der Waals surface area contributed by atoms with Gasteiger partial charge < -0.3 is 10.2 Å². The maximum atomic E-state index is 12.4. The minimum Gasteiger partial charge on any atom is -0.326 e. The summed E-state index contributed by atoms with van der Waals surface area (Å²) in [4.78, 5) is 17.3. The zero-order valence-electron chi connectivity index (χ0n) is 15.5. The highest BCUT2D eigenvalue weighted by Gasteiger charge is 2.17. The number of carbonyl (C=O) groups is 1. The molecule has 0 aromatic heterocycles. The first-order valence-electron chi connectivity index (χ1n) is 9.31. The molecule has 0 unspecified atom stereocenters. The predicted octanol–water partition coefficient (Wildman–Crippen LogP) is 4.26. The summed E-state index contributed by atoms with van der Waals surface area (Å²) in [5.74, 6) is -0.0122. The second-order valence-corrected chi connectivity index (χ2v) is 8.52. The Morgan fingerprint density at radius 1 is 1.11 bits per heavy atom. The van der Waals surface area contributed by atoms with Gasteiger partial charge in [-0.15, -0.1) is 0 Å². The highest BCUT2D eigenvalue weighted by atomic mass is 127. The van der Waals surface area contributed by atoms with Crippen molar-refractivity contribution >= 4 is 45.8 Å². The molecule has 27 heavy (non-hydrogen) atoms. The van der Waals surface area contributed by atoms with Gasteiger partial charge in [-0.3, -0.25) is 9.69 Å². The summed E-state index contributed by atoms with van der Waals surface area (Å²) in [7, 11) is 0. The van der Waals surface area contributed by atoms with Crippen LogP contribution >= 0.6 is 34.2 Å². The van der Waals surface area contributed by atoms with Crippen LogP contribution in [0, 0.1) is 3.57 Å². The Kier molecular flexibility index (Phi) is 7.52. The number of carbonyl (C=O) groups excluding carboxylic acids is 1. The van der Waals surface area contributed by atoms with Crippen LogP contribution in [-0.2, 0) is 17.8 Å². The Balaban J connectivity index is 1.60. The van der Waals surface area contributed by atoms with Gasteiger partial charge in [0.15, 0.2) is 0 Å². The fourth-order valence-corrected chi connectivity index (χ4v) is 4.10. The molecule has 0 atom stereocenters. The molecule has 0 radical (unpaired) electrons. The van der Waals surface area contributed by atoms with Crippen molar-refractivity contribution in [1.29, 1.82) is 0 Å². The van der Waals surface area contributed by atoms with Gasteiger partial charge in [0.2, 0.25) is 5.91 Å². The number of halogens is 2. The molecular formula is C21H25ClIN3O. The Bertz CT molecular complexity index is 791. The molecule has 1 saturated heterocycles. The molecule has 1 aliphatic rings. The maximum Gasteiger partial charge on any atom is 0.228 e. The third-order valence-corrected chi connectivity index (χ3v) is 5.93. The number of rotatable bonds is 6. The first kappa shape index (κ1) is 20.6. The molecule has 144 valence electrons. The molecule has 3 rings (SSSR count). The van der Waals surface area contributed by atoms with E-state index in [-0.39, 0.29) is 5.91 Å². The van der Waals surface area contributed by atoms with Crippen molar-refractivity contribution in [3.63, 3.8) is 0 Å². The number of amides is 1. The summed E-state index contributed by atoms with van der Waals surface area (Å²) in [6.07, 6.45) is 0.369. The van der Waals surface area contributed by atoms with E-state index in [0.29, 0.717) is 6.42 Å². The van der Waals surface area contributed by atoms with E-state index >= 15 is 0 Å². The Labute approximate surface area is 180 Å². The highest BCUT2D eigenvalue weighted by Crippen LogP contribution is 2.23. The van der Waals surface area contributed by atoms with Crippen molar-refractivity contribution in [3.8, 4) is 0 Å². The molecule has 0 spiro atoms. The van der Waals surface area contributed by atoms with Crippen molar-refractivity contribution in [3.05, 3.63) is 62.2 Å². The first-order chi connectivity index (χ1) is 13.0. The highest BCUT2D eigenvalue weighted by molar-refractivity contribution is 14.1. The molecule has 1 aliphatic heterocycles. The molecule has 1 N–H and O–H groups in total. The van der Waals surface area contributed by atoms with E-state index in [1.54, 1.807) is 0 Å². The Morgan fingerprint density at radius 2 is 1.85 bits per heavy atom. The quantitative estimate of drug-likeness (QED) is 0.606. The maximum absolute atomic E-state index is 12.4. The van der Waals surface area contributed by atoms with Crippen LogP contribution in [0.15, 0.2) is 42.5 Å². The number of hydrogen-bond donors (Lipinski definition) is 1. The molecule has 0 saturated carbocycles. The zero-order valence-corrected chi connectivity index (χ0v) is 18.5. The normalized spacial score (nSPS) is 15.7. The lowest BCUT2D eigenvalue weighted by Gasteiger charge is -2.34. The molecule has 0 bridgehead atoms. The Hall–Kier alpha value is -1.15. The van der Waals surface area contributed by atoms with Gasteiger partial charge in [0.25, 0.3) is 0 Å². The fraction of sp³-hybridized carbons (Fsp3) is 0.381. The number of piperazine rings is 1. The first-order valence-corrected chi connectivity index (χ1v) is 10.8. The van der Waals surface area contributed by atoms with Gasteiger partial charge in [-0.2, -0.15) is 0 Å². The number of nitrogens with one attached hydrogen (secondary N) is 1. The van der Waals surface area contributed by atoms with Crippen LogP contribution < -0.4 is 5.32 Å². The van der Waals surface area contributed by atoms with Gasteiger partial charge in [-0.05, 0) is 70.6 Å². The van der Waals surface area contributed by atoms with E-state index < -0.39 is 0 Å². The molecule has 2 aromatic carbocycles. The van der Waals surface area contributed by atoms with Crippen LogP contribution in [0.25, 0.3) is 0 Å². The molecular weight excluding hydrogens is 473 g/mol. The number of anilines is 1. The van der Waals surface area contributed by atoms with Crippen molar-refractivity contribution in [1.82, 2.24) is 9.80 Å². The number of hydrogen-bond acceptors (Lipinski definition) is 3. The average molecular weight is 498 g/mol. The van der Waals surface area contributed by atoms with Gasteiger partial charge in [-0.1, -0.05) is 30.7 Å². The second-order valence-electron chi connectivity index (χ2n) is 6.87. The topological polar surface area (TPSA) is 35.6 Å². The minimum atomic E-state index is -0.0122. The van der Waals surface area contributed by atoms with Gasteiger partial charge in [-0.25, -0.2) is 0 Å². The van der Waals surface area contributed by atoms with E-state index in [1.165, 1.54) is 0 Å². The van der Waals surface area contributed by atoms with Gasteiger partial charge in [0.1, 0.15) is 0 Å². The molecule has 2 aromatic rings. The van der Waals surface area contributed by atoms with Crippen LogP contribution in [0.2, 0.25) is 5.02 Å². The summed E-state index contributed by atoms with van der Waals surface area (Å²) in [6, 6.07) is 13.8. The fourth-order valence-electron chi connectivity index (χ4n) is 3.32. The number of likely N-dealkylation sites (N-methyl/N-ethyl adjacent to an activating group) is 1. The van der Waals surface area contributed by atoms with Crippen molar-refractivity contribution in [2.45, 2.75) is 19.9 Å². The predicted molar refractivity (Wildman–Crippen MR) is 120 cm³/mol. The molecule has 1 amide bonds. The average Bonchev–Trinajstić information content (AvgIpc) is 2.65. The van der Waals surface area contributed by atoms with Gasteiger partial charge in [0, 0.05) is 47.0 Å². The summed E-state index contributed by atoms with van der Waals surface area (Å²) < 4.78 is 1.13. The molecule has 1 heterocycles. The number of benzene rings is 2. The molecule has 0 aliphatic carbocycles. The SMILES string of the molecule is CCN1CCN(Cc2cc(NC(=O)Cc3cccc(I)c3)ccc2Cl)CC1. The van der Waals surface area contributed by atoms with Crippen molar-refractivity contribution < 1.29 is 4.79 Å². The lowest BCUT2D eigenvalue weighted by molar-refractivity contribution is -0.115. The standard InChI is InChI=1S/C21H25ClIN3O/c1-2-25-8-10-26(11-9-25)15-17-14-19(6-7-20(17)22)24-21(27)13-16-4-3-5-18(23)12-16/h3-7,12,14H,2,8-11,13,15H2,1H3,(H,24,27). The second kappa shape index (κ2) is 9.87. The summed E-state index contributed by atoms with van der Waals surface area (Å²) in [5, 5.41) is 3.76. The summed E-state index contributed by atoms with van der Waals surface area (Å²) in [6.45, 7) is 8.42. The van der Waals surface area contributed by atoms with E-state index in [0.717, 1.165) is 64.7 Å². The van der Waals surface area contributed by atoms with Crippen molar-refractivity contribution in [2.24, 2.45) is 0 Å². The summed E-state index contributed by atoms with van der Waals surface area (Å²) >= 11 is 8.66. The van der Waals surface area contributed by atoms with Crippen LogP contribution in [0.1, 0.15) is 18.1 Å². The van der Waals surface area contributed by atoms with Crippen LogP contribution in [0.4, 0.5) is 5.69 Å². The van der Waals surface area contributed by atoms with E-state index in [1.807, 2.05) is 42.5 Å². The van der Waals surface area contributed by atoms with E-state index in [4.69, 9.17) is 11.6 Å². The van der Waals surface area contributed by atoms with E-state index in [2.05, 4.69) is 44.6 Å². The van der Waals surface area contributed by atoms with Crippen LogP contribution in [0.5, 0.6) is 0 Å². The number of nitrogens with zero attached hydrogens (tertiary/aromatic N) is 2. The minimum absolute atomic E-state index is 0.0122. The third-order valence-electron chi connectivity index (χ3n) is 4.89. The van der Waals surface area contributed by atoms with Gasteiger partial charge in [0.05, 0.1) is 6.42 Å². The van der Waals surface area contributed by atoms with Crippen molar-refractivity contribution in [2.75, 3.05) is 38.0 Å². The lowest BCUT2D eigenvalue weighted by atomic mass is 10.1. The largest absolute Gasteiger partial charge is 0.326 e. The molecule has 6 heteroatoms.